The molecular weight excluding hydrogens is 123 g/mol. The number of ether oxygens (including phenoxy) is 1. The molecule has 0 aliphatic carbocycles. The molecule has 0 aliphatic heterocycles. The van der Waals surface area contributed by atoms with Gasteiger partial charge in [0.15, 0.2) is 0 Å². The molecule has 0 fully saturated rings. The summed E-state index contributed by atoms with van der Waals surface area (Å²) >= 11 is 0. The van der Waals surface area contributed by atoms with Crippen LogP contribution in [0.15, 0.2) is 24.3 Å². The first-order chi connectivity index (χ1) is 4.83. The van der Waals surface area contributed by atoms with Gasteiger partial charge in [0.2, 0.25) is 0 Å². The third-order valence-electron chi connectivity index (χ3n) is 1.23. The Morgan fingerprint density at radius 3 is 2.40 bits per heavy atom. The van der Waals surface area contributed by atoms with Gasteiger partial charge in [0.05, 0.1) is 0 Å². The normalized spacial score (nSPS) is 8.80. The fourth-order valence-electron chi connectivity index (χ4n) is 0.695. The minimum absolute atomic E-state index is 0.771. The van der Waals surface area contributed by atoms with Crippen molar-refractivity contribution in [1.29, 1.82) is 0 Å². The molecule has 0 saturated carbocycles. The van der Waals surface area contributed by atoms with Gasteiger partial charge in [-0.1, -0.05) is 0 Å². The summed E-state index contributed by atoms with van der Waals surface area (Å²) in [5.74, 6) is 0.771. The van der Waals surface area contributed by atoms with Gasteiger partial charge in [0.1, 0.15) is 0 Å². The van der Waals surface area contributed by atoms with Crippen molar-refractivity contribution in [3.05, 3.63) is 29.8 Å². The Hall–Kier alpha value is -1.05. The topological polar surface area (TPSA) is 9.23 Å². The summed E-state index contributed by atoms with van der Waals surface area (Å²) in [6.45, 7) is 2.02. The van der Waals surface area contributed by atoms with E-state index < -0.39 is 0 Å². The van der Waals surface area contributed by atoms with Crippen LogP contribution >= 0.6 is 0 Å². The minimum atomic E-state index is 0.771. The summed E-state index contributed by atoms with van der Waals surface area (Å²) in [4.78, 5) is 0. The number of benzene rings is 1. The molecule has 10 heavy (non-hydrogen) atoms. The Morgan fingerprint density at radius 2 is 1.90 bits per heavy atom. The van der Waals surface area contributed by atoms with Gasteiger partial charge in [-0.05, 0) is 0 Å². The van der Waals surface area contributed by atoms with Crippen LogP contribution in [0, 0.1) is 6.92 Å². The van der Waals surface area contributed by atoms with E-state index in [0.717, 1.165) is 5.75 Å². The van der Waals surface area contributed by atoms with Crippen LogP contribution in [0.25, 0.3) is 0 Å². The standard InChI is InChI=1S/C8H8BO/c1-7-2-4-8(5-3-7)10-6-9/h2-6H,1H3. The Morgan fingerprint density at radius 1 is 1.30 bits per heavy atom. The Kier molecular flexibility index (Phi) is 2.27. The third kappa shape index (κ3) is 1.73. The molecule has 0 aromatic heterocycles. The van der Waals surface area contributed by atoms with Crippen molar-refractivity contribution >= 4 is 13.6 Å². The number of hydrogen-bond donors (Lipinski definition) is 0. The van der Waals surface area contributed by atoms with E-state index in [1.807, 2.05) is 31.2 Å². The van der Waals surface area contributed by atoms with E-state index in [2.05, 4.69) is 0 Å². The molecule has 1 rings (SSSR count). The molecule has 0 unspecified atom stereocenters. The van der Waals surface area contributed by atoms with Crippen molar-refractivity contribution in [2.24, 2.45) is 0 Å². The van der Waals surface area contributed by atoms with E-state index in [0.29, 0.717) is 0 Å². The third-order valence-corrected chi connectivity index (χ3v) is 1.23. The van der Waals surface area contributed by atoms with Crippen LogP contribution in [-0.2, 0) is 0 Å². The van der Waals surface area contributed by atoms with E-state index >= 15 is 0 Å². The average molecular weight is 131 g/mol. The van der Waals surface area contributed by atoms with E-state index in [1.54, 1.807) is 0 Å². The van der Waals surface area contributed by atoms with Crippen molar-refractivity contribution in [3.63, 3.8) is 0 Å². The number of rotatable bonds is 2. The molecule has 1 radical (unpaired) electrons. The molecule has 49 valence electrons. The fraction of sp³-hybridized carbons (Fsp3) is 0.125. The molecule has 0 spiro atoms. The second-order valence-corrected chi connectivity index (χ2v) is 2.07. The van der Waals surface area contributed by atoms with Crippen molar-refractivity contribution < 1.29 is 4.74 Å². The molecule has 2 heteroatoms. The molecule has 0 amide bonds. The summed E-state index contributed by atoms with van der Waals surface area (Å²) in [7, 11) is 5.05. The van der Waals surface area contributed by atoms with Crippen molar-refractivity contribution in [2.45, 2.75) is 6.92 Å². The number of hydrogen-bond acceptors (Lipinski definition) is 1. The summed E-state index contributed by atoms with van der Waals surface area (Å²) in [6, 6.07) is 7.69. The van der Waals surface area contributed by atoms with Crippen molar-refractivity contribution in [3.8, 4) is 5.75 Å². The van der Waals surface area contributed by atoms with Gasteiger partial charge in [0.25, 0.3) is 0 Å². The monoisotopic (exact) mass is 131 g/mol. The Labute approximate surface area is 61.7 Å². The number of aryl methyl sites for hydroxylation is 1. The zero-order valence-corrected chi connectivity index (χ0v) is 5.87. The van der Waals surface area contributed by atoms with Crippen LogP contribution in [0.4, 0.5) is 0 Å². The molecule has 0 bridgehead atoms. The van der Waals surface area contributed by atoms with E-state index in [9.17, 15) is 0 Å². The quantitative estimate of drug-likeness (QED) is 0.549. The Balaban J connectivity index is 2.78. The van der Waals surface area contributed by atoms with Gasteiger partial charge < -0.3 is 0 Å². The zero-order valence-electron chi connectivity index (χ0n) is 5.87. The summed E-state index contributed by atoms with van der Waals surface area (Å²) in [6.07, 6.45) is 1.17. The van der Waals surface area contributed by atoms with Gasteiger partial charge >= 0.3 is 60.9 Å². The predicted octanol–water partition coefficient (Wildman–Crippen LogP) is 1.30. The first-order valence-electron chi connectivity index (χ1n) is 3.09. The first-order valence-corrected chi connectivity index (χ1v) is 3.09. The van der Waals surface area contributed by atoms with Gasteiger partial charge in [-0.25, -0.2) is 0 Å². The maximum absolute atomic E-state index is 5.05. The SMILES string of the molecule is [B]=COc1ccc(C)cc1. The van der Waals surface area contributed by atoms with Crippen LogP contribution < -0.4 is 4.74 Å². The fourth-order valence-corrected chi connectivity index (χ4v) is 0.695. The second kappa shape index (κ2) is 3.21. The van der Waals surface area contributed by atoms with Crippen molar-refractivity contribution in [2.75, 3.05) is 0 Å². The van der Waals surface area contributed by atoms with Crippen LogP contribution in [0.1, 0.15) is 5.56 Å². The molecule has 0 aliphatic rings. The van der Waals surface area contributed by atoms with E-state index in [1.165, 1.54) is 11.7 Å². The molecule has 0 heterocycles. The molecule has 0 atom stereocenters. The van der Waals surface area contributed by atoms with Gasteiger partial charge in [-0.15, -0.1) is 0 Å². The van der Waals surface area contributed by atoms with Gasteiger partial charge in [0, 0.05) is 0 Å². The Bertz CT molecular complexity index is 215. The van der Waals surface area contributed by atoms with Crippen LogP contribution in [0.3, 0.4) is 0 Å². The average Bonchev–Trinajstić information content (AvgIpc) is 1.95. The molecule has 1 aromatic rings. The summed E-state index contributed by atoms with van der Waals surface area (Å²) < 4.78 is 4.91. The first kappa shape index (κ1) is 7.07. The molecule has 0 saturated heterocycles. The maximum atomic E-state index is 5.05. The van der Waals surface area contributed by atoms with Crippen LogP contribution in [0.2, 0.25) is 0 Å². The molecule has 0 N–H and O–H groups in total. The summed E-state index contributed by atoms with van der Waals surface area (Å²) in [5.41, 5.74) is 1.21. The zero-order chi connectivity index (χ0) is 7.40. The van der Waals surface area contributed by atoms with E-state index in [4.69, 9.17) is 12.2 Å². The van der Waals surface area contributed by atoms with Crippen molar-refractivity contribution in [1.82, 2.24) is 0 Å². The molecular formula is C8H8BO. The van der Waals surface area contributed by atoms with Gasteiger partial charge in [-0.3, -0.25) is 0 Å². The second-order valence-electron chi connectivity index (χ2n) is 2.07. The molecule has 1 nitrogen and oxygen atoms in total. The molecule has 1 aromatic carbocycles. The van der Waals surface area contributed by atoms with E-state index in [-0.39, 0.29) is 0 Å². The van der Waals surface area contributed by atoms with Crippen LogP contribution in [0.5, 0.6) is 5.75 Å². The predicted molar refractivity (Wildman–Crippen MR) is 43.6 cm³/mol. The van der Waals surface area contributed by atoms with Crippen LogP contribution in [-0.4, -0.2) is 13.6 Å². The summed E-state index contributed by atoms with van der Waals surface area (Å²) in [5, 5.41) is 0. The van der Waals surface area contributed by atoms with Gasteiger partial charge in [-0.2, -0.15) is 0 Å².